The molecule has 0 bridgehead atoms. The normalized spacial score (nSPS) is 10.2. The molecule has 0 aromatic heterocycles. The van der Waals surface area contributed by atoms with Gasteiger partial charge in [-0.25, -0.2) is 0 Å². The van der Waals surface area contributed by atoms with Crippen molar-refractivity contribution >= 4 is 5.78 Å². The van der Waals surface area contributed by atoms with Crippen molar-refractivity contribution in [2.45, 2.75) is 196 Å². The summed E-state index contributed by atoms with van der Waals surface area (Å²) in [4.78, 5) is 9.44. The molecule has 0 radical (unpaired) electrons. The van der Waals surface area contributed by atoms with Gasteiger partial charge in [0.2, 0.25) is 0 Å². The summed E-state index contributed by atoms with van der Waals surface area (Å²) in [5.74, 6) is 0.167. The number of hydrogen-bond donors (Lipinski definition) is 0. The molecule has 0 fully saturated rings. The van der Waals surface area contributed by atoms with Gasteiger partial charge < -0.3 is 4.79 Å². The lowest BCUT2D eigenvalue weighted by Crippen LogP contribution is -1.81. The van der Waals surface area contributed by atoms with E-state index in [1.165, 1.54) is 168 Å². The third-order valence-electron chi connectivity index (χ3n) is 5.91. The number of rotatable bonds is 22. The van der Waals surface area contributed by atoms with E-state index in [0.29, 0.717) is 0 Å². The van der Waals surface area contributed by atoms with E-state index in [4.69, 9.17) is 0 Å². The summed E-state index contributed by atoms with van der Waals surface area (Å²) in [5.41, 5.74) is 0. The van der Waals surface area contributed by atoms with E-state index in [9.17, 15) is 4.79 Å². The van der Waals surface area contributed by atoms with Crippen LogP contribution in [0.15, 0.2) is 0 Å². The molecule has 1 nitrogen and oxygen atoms in total. The van der Waals surface area contributed by atoms with Crippen molar-refractivity contribution < 1.29 is 4.79 Å². The van der Waals surface area contributed by atoms with Crippen LogP contribution in [0.4, 0.5) is 0 Å². The number of carbonyl (C=O) groups excluding carboxylic acids is 1. The highest BCUT2D eigenvalue weighted by molar-refractivity contribution is 5.72. The summed E-state index contributed by atoms with van der Waals surface area (Å²) in [6.45, 7) is 12.2. The van der Waals surface area contributed by atoms with Crippen molar-refractivity contribution in [2.75, 3.05) is 0 Å². The predicted octanol–water partition coefficient (Wildman–Crippen LogP) is 12.0. The zero-order valence-corrected chi connectivity index (χ0v) is 23.9. The van der Waals surface area contributed by atoms with Gasteiger partial charge in [-0.2, -0.15) is 0 Å². The molecule has 0 atom stereocenters. The van der Waals surface area contributed by atoms with Crippen molar-refractivity contribution in [3.8, 4) is 0 Å². The number of unbranched alkanes of at least 4 members (excludes halogenated alkanes) is 22. The van der Waals surface area contributed by atoms with Gasteiger partial charge in [-0.15, -0.1) is 0 Å². The Labute approximate surface area is 206 Å². The first kappa shape index (κ1) is 36.2. The molecule has 0 saturated heterocycles. The lowest BCUT2D eigenvalue weighted by Gasteiger charge is -2.01. The molecule has 0 unspecified atom stereocenters. The summed E-state index contributed by atoms with van der Waals surface area (Å²) >= 11 is 0. The Morgan fingerprint density at radius 3 is 0.500 bits per heavy atom. The van der Waals surface area contributed by atoms with Gasteiger partial charge in [-0.3, -0.25) is 0 Å². The molecule has 0 saturated carbocycles. The summed E-state index contributed by atoms with van der Waals surface area (Å²) in [6.07, 6.45) is 34.9. The molecule has 0 heterocycles. The fraction of sp³-hybridized carbons (Fsp3) is 0.968. The largest absolute Gasteiger partial charge is 0.300 e. The fourth-order valence-corrected chi connectivity index (χ4v) is 3.83. The highest BCUT2D eigenvalue weighted by Crippen LogP contribution is 2.12. The second-order valence-corrected chi connectivity index (χ2v) is 9.98. The minimum atomic E-state index is 0.167. The van der Waals surface area contributed by atoms with Crippen molar-refractivity contribution in [1.29, 1.82) is 0 Å². The van der Waals surface area contributed by atoms with Crippen molar-refractivity contribution in [1.82, 2.24) is 0 Å². The van der Waals surface area contributed by atoms with Gasteiger partial charge in [0.1, 0.15) is 5.78 Å². The summed E-state index contributed by atoms with van der Waals surface area (Å²) < 4.78 is 0. The van der Waals surface area contributed by atoms with E-state index in [-0.39, 0.29) is 5.78 Å². The maximum absolute atomic E-state index is 9.44. The topological polar surface area (TPSA) is 17.1 Å². The highest BCUT2D eigenvalue weighted by atomic mass is 16.1. The number of ketones is 1. The molecule has 196 valence electrons. The molecular formula is C31H66O. The van der Waals surface area contributed by atoms with Gasteiger partial charge in [0.25, 0.3) is 0 Å². The monoisotopic (exact) mass is 455 g/mol. The van der Waals surface area contributed by atoms with Gasteiger partial charge >= 0.3 is 0 Å². The average Bonchev–Trinajstić information content (AvgIpc) is 2.76. The molecule has 0 aliphatic rings. The second-order valence-electron chi connectivity index (χ2n) is 9.98. The first-order chi connectivity index (χ1) is 15.6. The Hall–Kier alpha value is -0.330. The van der Waals surface area contributed by atoms with Gasteiger partial charge in [0, 0.05) is 0 Å². The number of Topliss-reactive ketones (excluding diaryl/α,β-unsaturated/α-hetero) is 1. The van der Waals surface area contributed by atoms with Crippen molar-refractivity contribution in [3.05, 3.63) is 0 Å². The van der Waals surface area contributed by atoms with Gasteiger partial charge in [0.15, 0.2) is 0 Å². The number of carbonyl (C=O) groups is 1. The van der Waals surface area contributed by atoms with Crippen LogP contribution in [-0.2, 0) is 4.79 Å². The van der Waals surface area contributed by atoms with Crippen molar-refractivity contribution in [3.63, 3.8) is 0 Å². The zero-order chi connectivity index (χ0) is 24.5. The Balaban J connectivity index is -0.000000450. The second kappa shape index (κ2) is 38.0. The SMILES string of the molecule is CC(C)=O.CCCCCCCCCCCCCC.CCCCCCCCCCCCCC. The molecule has 1 heteroatoms. The predicted molar refractivity (Wildman–Crippen MR) is 150 cm³/mol. The summed E-state index contributed by atoms with van der Waals surface area (Å²) in [7, 11) is 0. The summed E-state index contributed by atoms with van der Waals surface area (Å²) in [5, 5.41) is 0. The molecule has 0 amide bonds. The van der Waals surface area contributed by atoms with Crippen LogP contribution in [0.5, 0.6) is 0 Å². The Kier molecular flexibility index (Phi) is 43.0. The first-order valence-corrected chi connectivity index (χ1v) is 15.0. The molecule has 0 spiro atoms. The quantitative estimate of drug-likeness (QED) is 0.149. The molecule has 0 rings (SSSR count). The van der Waals surface area contributed by atoms with Crippen LogP contribution in [0.2, 0.25) is 0 Å². The lowest BCUT2D eigenvalue weighted by atomic mass is 10.1. The third-order valence-corrected chi connectivity index (χ3v) is 5.91. The van der Waals surface area contributed by atoms with E-state index >= 15 is 0 Å². The van der Waals surface area contributed by atoms with Crippen LogP contribution in [0.3, 0.4) is 0 Å². The van der Waals surface area contributed by atoms with E-state index < -0.39 is 0 Å². The van der Waals surface area contributed by atoms with Gasteiger partial charge in [-0.05, 0) is 13.8 Å². The van der Waals surface area contributed by atoms with Crippen LogP contribution >= 0.6 is 0 Å². The van der Waals surface area contributed by atoms with Gasteiger partial charge in [0.05, 0.1) is 0 Å². The van der Waals surface area contributed by atoms with Crippen LogP contribution in [0.1, 0.15) is 196 Å². The smallest absolute Gasteiger partial charge is 0.126 e. The standard InChI is InChI=1S/2C14H30.C3H6O/c2*1-3-5-7-9-11-13-14-12-10-8-6-4-2;1-3(2)4/h2*3-14H2,1-2H3;1-2H3. The maximum atomic E-state index is 9.44. The lowest BCUT2D eigenvalue weighted by molar-refractivity contribution is -0.114. The minimum absolute atomic E-state index is 0.167. The highest BCUT2D eigenvalue weighted by Gasteiger charge is 1.92. The molecule has 0 aromatic rings. The van der Waals surface area contributed by atoms with Crippen LogP contribution in [0, 0.1) is 0 Å². The number of hydrogen-bond acceptors (Lipinski definition) is 1. The third kappa shape index (κ3) is 51.9. The Bertz CT molecular complexity index is 245. The van der Waals surface area contributed by atoms with Crippen LogP contribution in [-0.4, -0.2) is 5.78 Å². The molecule has 0 aliphatic heterocycles. The van der Waals surface area contributed by atoms with E-state index in [1.54, 1.807) is 0 Å². The Morgan fingerprint density at radius 2 is 0.406 bits per heavy atom. The minimum Gasteiger partial charge on any atom is -0.300 e. The molecule has 0 aliphatic carbocycles. The van der Waals surface area contributed by atoms with Crippen LogP contribution in [0.25, 0.3) is 0 Å². The zero-order valence-electron chi connectivity index (χ0n) is 23.9. The molecular weight excluding hydrogens is 388 g/mol. The maximum Gasteiger partial charge on any atom is 0.126 e. The first-order valence-electron chi connectivity index (χ1n) is 15.0. The fourth-order valence-electron chi connectivity index (χ4n) is 3.83. The van der Waals surface area contributed by atoms with E-state index in [0.717, 1.165) is 0 Å². The molecule has 0 N–H and O–H groups in total. The van der Waals surface area contributed by atoms with Crippen LogP contribution < -0.4 is 0 Å². The molecule has 32 heavy (non-hydrogen) atoms. The van der Waals surface area contributed by atoms with E-state index in [2.05, 4.69) is 27.7 Å². The van der Waals surface area contributed by atoms with E-state index in [1.807, 2.05) is 0 Å². The average molecular weight is 455 g/mol. The van der Waals surface area contributed by atoms with Crippen molar-refractivity contribution in [2.24, 2.45) is 0 Å². The summed E-state index contributed by atoms with van der Waals surface area (Å²) in [6, 6.07) is 0. The Morgan fingerprint density at radius 1 is 0.312 bits per heavy atom. The molecule has 0 aromatic carbocycles. The van der Waals surface area contributed by atoms with Gasteiger partial charge in [-0.1, -0.05) is 182 Å².